The molecular weight excluding hydrogens is 298 g/mol. The zero-order valence-electron chi connectivity index (χ0n) is 15.0. The number of hydrogen-bond acceptors (Lipinski definition) is 2. The number of rotatable bonds is 10. The molecule has 1 aliphatic rings. The second-order valence-corrected chi connectivity index (χ2v) is 6.55. The van der Waals surface area contributed by atoms with Crippen molar-refractivity contribution in [2.75, 3.05) is 13.2 Å². The Morgan fingerprint density at radius 2 is 1.96 bits per heavy atom. The lowest BCUT2D eigenvalue weighted by molar-refractivity contribution is 0.0954. The number of nitrogens with one attached hydrogen (secondary N) is 1. The molecule has 0 aromatic heterocycles. The number of allylic oxidation sites excluding steroid dienone is 1. The van der Waals surface area contributed by atoms with Crippen LogP contribution in [-0.4, -0.2) is 19.1 Å². The molecule has 132 valence electrons. The van der Waals surface area contributed by atoms with Gasteiger partial charge in [-0.1, -0.05) is 37.8 Å². The normalized spacial score (nSPS) is 14.1. The molecule has 1 amide bonds. The van der Waals surface area contributed by atoms with Gasteiger partial charge in [0.05, 0.1) is 6.61 Å². The first-order valence-electron chi connectivity index (χ1n) is 9.48. The molecule has 3 nitrogen and oxygen atoms in total. The highest BCUT2D eigenvalue weighted by Crippen LogP contribution is 2.19. The molecule has 0 unspecified atom stereocenters. The van der Waals surface area contributed by atoms with E-state index in [1.807, 2.05) is 24.3 Å². The van der Waals surface area contributed by atoms with Gasteiger partial charge in [0, 0.05) is 12.1 Å². The number of benzene rings is 1. The van der Waals surface area contributed by atoms with Crippen LogP contribution in [0.2, 0.25) is 0 Å². The largest absolute Gasteiger partial charge is 0.494 e. The summed E-state index contributed by atoms with van der Waals surface area (Å²) in [5.74, 6) is 0.844. The van der Waals surface area contributed by atoms with Gasteiger partial charge in [0.1, 0.15) is 5.75 Å². The molecule has 0 saturated heterocycles. The van der Waals surface area contributed by atoms with Crippen LogP contribution in [-0.2, 0) is 0 Å². The van der Waals surface area contributed by atoms with Gasteiger partial charge in [0.2, 0.25) is 0 Å². The molecule has 1 aromatic rings. The quantitative estimate of drug-likeness (QED) is 0.469. The van der Waals surface area contributed by atoms with Gasteiger partial charge in [-0.05, 0) is 62.8 Å². The first kappa shape index (κ1) is 18.6. The lowest BCUT2D eigenvalue weighted by Crippen LogP contribution is -2.24. The van der Waals surface area contributed by atoms with Crippen LogP contribution in [0, 0.1) is 0 Å². The highest BCUT2D eigenvalue weighted by Gasteiger charge is 2.07. The van der Waals surface area contributed by atoms with Crippen molar-refractivity contribution in [1.29, 1.82) is 0 Å². The van der Waals surface area contributed by atoms with Crippen molar-refractivity contribution in [3.05, 3.63) is 41.5 Å². The minimum atomic E-state index is 0.000838. The monoisotopic (exact) mass is 329 g/mol. The Morgan fingerprint density at radius 1 is 1.12 bits per heavy atom. The Labute approximate surface area is 146 Å². The Balaban J connectivity index is 1.67. The molecule has 0 saturated carbocycles. The van der Waals surface area contributed by atoms with Gasteiger partial charge in [0.25, 0.3) is 5.91 Å². The van der Waals surface area contributed by atoms with Gasteiger partial charge in [0.15, 0.2) is 0 Å². The zero-order valence-corrected chi connectivity index (χ0v) is 15.0. The van der Waals surface area contributed by atoms with Gasteiger partial charge in [-0.3, -0.25) is 4.79 Å². The summed E-state index contributed by atoms with van der Waals surface area (Å²) in [7, 11) is 0. The van der Waals surface area contributed by atoms with Crippen LogP contribution in [0.4, 0.5) is 0 Å². The van der Waals surface area contributed by atoms with Gasteiger partial charge in [-0.15, -0.1) is 0 Å². The molecule has 1 N–H and O–H groups in total. The molecule has 0 bridgehead atoms. The topological polar surface area (TPSA) is 38.3 Å². The van der Waals surface area contributed by atoms with E-state index in [1.165, 1.54) is 50.5 Å². The van der Waals surface area contributed by atoms with E-state index in [2.05, 4.69) is 18.3 Å². The number of carbonyl (C=O) groups excluding carboxylic acids is 1. The molecule has 24 heavy (non-hydrogen) atoms. The standard InChI is InChI=1S/C21H31NO2/c1-2-3-4-8-17-24-20-13-11-19(12-14-20)21(23)22-16-15-18-9-6-5-7-10-18/h9,11-14H,2-8,10,15-17H2,1H3,(H,22,23). The molecule has 0 aliphatic heterocycles. The molecule has 0 atom stereocenters. The van der Waals surface area contributed by atoms with Crippen molar-refractivity contribution in [1.82, 2.24) is 5.32 Å². The summed E-state index contributed by atoms with van der Waals surface area (Å²) in [5.41, 5.74) is 2.19. The third-order valence-electron chi connectivity index (χ3n) is 4.50. The van der Waals surface area contributed by atoms with Crippen molar-refractivity contribution >= 4 is 5.91 Å². The minimum Gasteiger partial charge on any atom is -0.494 e. The van der Waals surface area contributed by atoms with E-state index in [9.17, 15) is 4.79 Å². The summed E-state index contributed by atoms with van der Waals surface area (Å²) < 4.78 is 5.71. The minimum absolute atomic E-state index is 0.000838. The smallest absolute Gasteiger partial charge is 0.251 e. The lowest BCUT2D eigenvalue weighted by atomic mass is 9.97. The van der Waals surface area contributed by atoms with Crippen LogP contribution < -0.4 is 10.1 Å². The van der Waals surface area contributed by atoms with E-state index in [-0.39, 0.29) is 5.91 Å². The second kappa shape index (κ2) is 10.9. The maximum atomic E-state index is 12.2. The van der Waals surface area contributed by atoms with E-state index >= 15 is 0 Å². The maximum Gasteiger partial charge on any atom is 0.251 e. The van der Waals surface area contributed by atoms with Crippen molar-refractivity contribution < 1.29 is 9.53 Å². The van der Waals surface area contributed by atoms with E-state index in [1.54, 1.807) is 0 Å². The first-order chi connectivity index (χ1) is 11.8. The molecule has 3 heteroatoms. The van der Waals surface area contributed by atoms with Crippen molar-refractivity contribution in [2.45, 2.75) is 64.7 Å². The molecule has 1 aliphatic carbocycles. The second-order valence-electron chi connectivity index (χ2n) is 6.55. The van der Waals surface area contributed by atoms with Crippen LogP contribution in [0.5, 0.6) is 5.75 Å². The van der Waals surface area contributed by atoms with Crippen molar-refractivity contribution in [3.8, 4) is 5.75 Å². The number of ether oxygens (including phenoxy) is 1. The van der Waals surface area contributed by atoms with Gasteiger partial charge in [-0.2, -0.15) is 0 Å². The highest BCUT2D eigenvalue weighted by atomic mass is 16.5. The van der Waals surface area contributed by atoms with Gasteiger partial charge in [-0.25, -0.2) is 0 Å². The van der Waals surface area contributed by atoms with Crippen LogP contribution >= 0.6 is 0 Å². The Kier molecular flexibility index (Phi) is 8.43. The summed E-state index contributed by atoms with van der Waals surface area (Å²) in [5, 5.41) is 3.01. The average molecular weight is 329 g/mol. The van der Waals surface area contributed by atoms with Gasteiger partial charge < -0.3 is 10.1 Å². The summed E-state index contributed by atoms with van der Waals surface area (Å²) >= 11 is 0. The third-order valence-corrected chi connectivity index (χ3v) is 4.50. The molecule has 0 heterocycles. The summed E-state index contributed by atoms with van der Waals surface area (Å²) in [4.78, 5) is 12.2. The predicted molar refractivity (Wildman–Crippen MR) is 99.6 cm³/mol. The van der Waals surface area contributed by atoms with E-state index in [4.69, 9.17) is 4.74 Å². The number of carbonyl (C=O) groups is 1. The fourth-order valence-corrected chi connectivity index (χ4v) is 2.99. The fraction of sp³-hybridized carbons (Fsp3) is 0.571. The fourth-order valence-electron chi connectivity index (χ4n) is 2.99. The molecule has 0 spiro atoms. The number of hydrogen-bond donors (Lipinski definition) is 1. The predicted octanol–water partition coefficient (Wildman–Crippen LogP) is 5.27. The molecular formula is C21H31NO2. The van der Waals surface area contributed by atoms with Crippen molar-refractivity contribution in [3.63, 3.8) is 0 Å². The van der Waals surface area contributed by atoms with E-state index < -0.39 is 0 Å². The summed E-state index contributed by atoms with van der Waals surface area (Å²) in [6, 6.07) is 7.46. The van der Waals surface area contributed by atoms with Crippen LogP contribution in [0.15, 0.2) is 35.9 Å². The Hall–Kier alpha value is -1.77. The maximum absolute atomic E-state index is 12.2. The number of amides is 1. The lowest BCUT2D eigenvalue weighted by Gasteiger charge is -2.13. The zero-order chi connectivity index (χ0) is 17.0. The first-order valence-corrected chi connectivity index (χ1v) is 9.48. The summed E-state index contributed by atoms with van der Waals surface area (Å²) in [6.45, 7) is 3.68. The molecule has 1 aromatic carbocycles. The van der Waals surface area contributed by atoms with Gasteiger partial charge >= 0.3 is 0 Å². The van der Waals surface area contributed by atoms with E-state index in [0.717, 1.165) is 31.7 Å². The molecule has 2 rings (SSSR count). The SMILES string of the molecule is CCCCCCOc1ccc(C(=O)NCCC2=CCCCC2)cc1. The number of unbranched alkanes of at least 4 members (excludes halogenated alkanes) is 3. The van der Waals surface area contributed by atoms with Crippen LogP contribution in [0.25, 0.3) is 0 Å². The van der Waals surface area contributed by atoms with Crippen LogP contribution in [0.1, 0.15) is 75.1 Å². The third kappa shape index (κ3) is 6.77. The summed E-state index contributed by atoms with van der Waals surface area (Å²) in [6.07, 6.45) is 13.1. The Morgan fingerprint density at radius 3 is 2.67 bits per heavy atom. The molecule has 0 fully saturated rings. The highest BCUT2D eigenvalue weighted by molar-refractivity contribution is 5.94. The van der Waals surface area contributed by atoms with Crippen LogP contribution in [0.3, 0.4) is 0 Å². The molecule has 0 radical (unpaired) electrons. The van der Waals surface area contributed by atoms with Crippen molar-refractivity contribution in [2.24, 2.45) is 0 Å². The average Bonchev–Trinajstić information content (AvgIpc) is 2.63. The Bertz CT molecular complexity index is 519. The van der Waals surface area contributed by atoms with E-state index in [0.29, 0.717) is 5.56 Å².